The maximum Gasteiger partial charge on any atom is 0.350 e. The molecule has 0 aliphatic rings. The number of methoxy groups -OCH3 is 1. The zero-order valence-electron chi connectivity index (χ0n) is 11.1. The standard InChI is InChI=1S/C12H20N2O2S/c1-6-7-12(3,4)14-11-13-8(2)9(17-11)10(15)16-5/h6-7H2,1-5H3,(H,13,14). The molecule has 0 aromatic carbocycles. The smallest absolute Gasteiger partial charge is 0.350 e. The highest BCUT2D eigenvalue weighted by atomic mass is 32.1. The van der Waals surface area contributed by atoms with Gasteiger partial charge >= 0.3 is 5.97 Å². The lowest BCUT2D eigenvalue weighted by molar-refractivity contribution is 0.0605. The normalized spacial score (nSPS) is 11.4. The second-order valence-corrected chi connectivity index (χ2v) is 5.68. The predicted octanol–water partition coefficient (Wildman–Crippen LogP) is 3.23. The highest BCUT2D eigenvalue weighted by Crippen LogP contribution is 2.27. The van der Waals surface area contributed by atoms with Crippen molar-refractivity contribution < 1.29 is 9.53 Å². The Morgan fingerprint density at radius 3 is 2.71 bits per heavy atom. The molecular formula is C12H20N2O2S. The van der Waals surface area contributed by atoms with Crippen molar-refractivity contribution in [3.8, 4) is 0 Å². The summed E-state index contributed by atoms with van der Waals surface area (Å²) in [5.74, 6) is -0.318. The number of aromatic nitrogens is 1. The van der Waals surface area contributed by atoms with Crippen LogP contribution in [0, 0.1) is 6.92 Å². The van der Waals surface area contributed by atoms with Gasteiger partial charge in [-0.3, -0.25) is 0 Å². The minimum absolute atomic E-state index is 0.00751. The molecular weight excluding hydrogens is 236 g/mol. The lowest BCUT2D eigenvalue weighted by atomic mass is 10.00. The van der Waals surface area contributed by atoms with Crippen LogP contribution >= 0.6 is 11.3 Å². The lowest BCUT2D eigenvalue weighted by Gasteiger charge is -2.25. The van der Waals surface area contributed by atoms with Gasteiger partial charge in [-0.25, -0.2) is 9.78 Å². The van der Waals surface area contributed by atoms with Crippen molar-refractivity contribution in [1.29, 1.82) is 0 Å². The van der Waals surface area contributed by atoms with Crippen LogP contribution in [-0.2, 0) is 4.74 Å². The van der Waals surface area contributed by atoms with E-state index in [-0.39, 0.29) is 11.5 Å². The van der Waals surface area contributed by atoms with Crippen LogP contribution in [0.4, 0.5) is 5.13 Å². The summed E-state index contributed by atoms with van der Waals surface area (Å²) in [4.78, 5) is 16.4. The van der Waals surface area contributed by atoms with Gasteiger partial charge in [-0.15, -0.1) is 0 Å². The number of ether oxygens (including phenoxy) is 1. The molecule has 0 fully saturated rings. The van der Waals surface area contributed by atoms with E-state index < -0.39 is 0 Å². The zero-order chi connectivity index (χ0) is 13.1. The van der Waals surface area contributed by atoms with Crippen LogP contribution in [0.5, 0.6) is 0 Å². The number of esters is 1. The van der Waals surface area contributed by atoms with Gasteiger partial charge in [0.25, 0.3) is 0 Å². The highest BCUT2D eigenvalue weighted by molar-refractivity contribution is 7.17. The Hall–Kier alpha value is -1.10. The van der Waals surface area contributed by atoms with E-state index >= 15 is 0 Å². The number of carbonyl (C=O) groups is 1. The first-order chi connectivity index (χ1) is 7.89. The Morgan fingerprint density at radius 2 is 2.18 bits per heavy atom. The average molecular weight is 256 g/mol. The first-order valence-corrected chi connectivity index (χ1v) is 6.55. The van der Waals surface area contributed by atoms with E-state index in [1.165, 1.54) is 18.4 Å². The molecule has 1 rings (SSSR count). The van der Waals surface area contributed by atoms with Gasteiger partial charge in [0, 0.05) is 5.54 Å². The van der Waals surface area contributed by atoms with Gasteiger partial charge in [-0.05, 0) is 27.2 Å². The minimum Gasteiger partial charge on any atom is -0.465 e. The number of thiazole rings is 1. The molecule has 1 N–H and O–H groups in total. The summed E-state index contributed by atoms with van der Waals surface area (Å²) >= 11 is 1.35. The molecule has 0 saturated heterocycles. The number of anilines is 1. The molecule has 1 heterocycles. The second-order valence-electron chi connectivity index (χ2n) is 4.68. The van der Waals surface area contributed by atoms with Gasteiger partial charge < -0.3 is 10.1 Å². The molecule has 1 aromatic rings. The van der Waals surface area contributed by atoms with Crippen molar-refractivity contribution in [1.82, 2.24) is 4.98 Å². The van der Waals surface area contributed by atoms with Crippen LogP contribution in [0.1, 0.15) is 49.0 Å². The molecule has 17 heavy (non-hydrogen) atoms. The number of hydrogen-bond acceptors (Lipinski definition) is 5. The molecule has 0 bridgehead atoms. The van der Waals surface area contributed by atoms with Gasteiger partial charge in [-0.2, -0.15) is 0 Å². The van der Waals surface area contributed by atoms with Crippen LogP contribution in [0.2, 0.25) is 0 Å². The monoisotopic (exact) mass is 256 g/mol. The van der Waals surface area contributed by atoms with Crippen molar-refractivity contribution in [3.63, 3.8) is 0 Å². The summed E-state index contributed by atoms with van der Waals surface area (Å²) in [6, 6.07) is 0. The number of aryl methyl sites for hydroxylation is 1. The third-order valence-electron chi connectivity index (χ3n) is 2.49. The fourth-order valence-electron chi connectivity index (χ4n) is 1.71. The third-order valence-corrected chi connectivity index (χ3v) is 3.54. The van der Waals surface area contributed by atoms with Crippen LogP contribution in [0.3, 0.4) is 0 Å². The Balaban J connectivity index is 2.84. The summed E-state index contributed by atoms with van der Waals surface area (Å²) < 4.78 is 4.71. The van der Waals surface area contributed by atoms with Crippen molar-refractivity contribution in [2.45, 2.75) is 46.1 Å². The van der Waals surface area contributed by atoms with Crippen molar-refractivity contribution >= 4 is 22.4 Å². The number of nitrogens with zero attached hydrogens (tertiary/aromatic N) is 1. The van der Waals surface area contributed by atoms with E-state index in [1.54, 1.807) is 0 Å². The van der Waals surface area contributed by atoms with Crippen molar-refractivity contribution in [2.75, 3.05) is 12.4 Å². The van der Waals surface area contributed by atoms with Crippen molar-refractivity contribution in [3.05, 3.63) is 10.6 Å². The van der Waals surface area contributed by atoms with Crippen LogP contribution in [-0.4, -0.2) is 23.6 Å². The van der Waals surface area contributed by atoms with Crippen LogP contribution in [0.25, 0.3) is 0 Å². The molecule has 0 unspecified atom stereocenters. The summed E-state index contributed by atoms with van der Waals surface area (Å²) in [5.41, 5.74) is 0.712. The molecule has 0 aliphatic carbocycles. The SMILES string of the molecule is CCCC(C)(C)Nc1nc(C)c(C(=O)OC)s1. The molecule has 0 amide bonds. The minimum atomic E-state index is -0.318. The number of nitrogens with one attached hydrogen (secondary N) is 1. The maximum atomic E-state index is 11.5. The molecule has 5 heteroatoms. The predicted molar refractivity (Wildman–Crippen MR) is 70.8 cm³/mol. The molecule has 0 atom stereocenters. The van der Waals surface area contributed by atoms with Gasteiger partial charge in [0.1, 0.15) is 4.88 Å². The topological polar surface area (TPSA) is 51.2 Å². The summed E-state index contributed by atoms with van der Waals surface area (Å²) in [5, 5.41) is 4.14. The van der Waals surface area contributed by atoms with Crippen LogP contribution < -0.4 is 5.32 Å². The molecule has 0 saturated carbocycles. The van der Waals surface area contributed by atoms with E-state index in [9.17, 15) is 4.79 Å². The molecule has 0 spiro atoms. The molecule has 0 aliphatic heterocycles. The summed E-state index contributed by atoms with van der Waals surface area (Å²) in [6.45, 7) is 8.23. The van der Waals surface area contributed by atoms with Gasteiger partial charge in [0.15, 0.2) is 5.13 Å². The van der Waals surface area contributed by atoms with E-state index in [4.69, 9.17) is 4.74 Å². The third kappa shape index (κ3) is 3.70. The first-order valence-electron chi connectivity index (χ1n) is 5.73. The molecule has 0 radical (unpaired) electrons. The highest BCUT2D eigenvalue weighted by Gasteiger charge is 2.21. The second kappa shape index (κ2) is 5.49. The van der Waals surface area contributed by atoms with Gasteiger partial charge in [0.2, 0.25) is 0 Å². The fraction of sp³-hybridized carbons (Fsp3) is 0.667. The Morgan fingerprint density at radius 1 is 1.53 bits per heavy atom. The quantitative estimate of drug-likeness (QED) is 0.822. The van der Waals surface area contributed by atoms with Gasteiger partial charge in [0.05, 0.1) is 12.8 Å². The number of carbonyl (C=O) groups excluding carboxylic acids is 1. The summed E-state index contributed by atoms with van der Waals surface area (Å²) in [7, 11) is 1.38. The fourth-order valence-corrected chi connectivity index (χ4v) is 2.77. The Labute approximate surface area is 106 Å². The largest absolute Gasteiger partial charge is 0.465 e. The lowest BCUT2D eigenvalue weighted by Crippen LogP contribution is -2.30. The molecule has 96 valence electrons. The Bertz CT molecular complexity index is 399. The summed E-state index contributed by atoms with van der Waals surface area (Å²) in [6.07, 6.45) is 2.16. The zero-order valence-corrected chi connectivity index (χ0v) is 11.9. The molecule has 4 nitrogen and oxygen atoms in total. The van der Waals surface area contributed by atoms with E-state index in [0.29, 0.717) is 4.88 Å². The van der Waals surface area contributed by atoms with E-state index in [1.807, 2.05) is 6.92 Å². The van der Waals surface area contributed by atoms with Crippen LogP contribution in [0.15, 0.2) is 0 Å². The number of hydrogen-bond donors (Lipinski definition) is 1. The average Bonchev–Trinajstić information content (AvgIpc) is 2.57. The molecule has 1 aromatic heterocycles. The first kappa shape index (κ1) is 14.0. The van der Waals surface area contributed by atoms with E-state index in [0.717, 1.165) is 23.7 Å². The number of rotatable bonds is 5. The van der Waals surface area contributed by atoms with Gasteiger partial charge in [-0.1, -0.05) is 24.7 Å². The maximum absolute atomic E-state index is 11.5. The van der Waals surface area contributed by atoms with E-state index in [2.05, 4.69) is 31.1 Å². The van der Waals surface area contributed by atoms with Crippen molar-refractivity contribution in [2.24, 2.45) is 0 Å². The Kier molecular flexibility index (Phi) is 4.51.